The molecule has 6 atom stereocenters. The average Bonchev–Trinajstić information content (AvgIpc) is 3.43. The predicted molar refractivity (Wildman–Crippen MR) is 166 cm³/mol. The Labute approximate surface area is 269 Å². The summed E-state index contributed by atoms with van der Waals surface area (Å²) in [4.78, 5) is 58.1. The number of carbonyl (C=O) groups is 4. The molecular weight excluding hydrogens is 613 g/mol. The quantitative estimate of drug-likeness (QED) is 0.280. The maximum atomic E-state index is 15.1. The van der Waals surface area contributed by atoms with Crippen molar-refractivity contribution < 1.29 is 33.4 Å². The molecule has 3 aromatic carbocycles. The Morgan fingerprint density at radius 1 is 0.978 bits per heavy atom. The molecule has 9 nitrogen and oxygen atoms in total. The number of imide groups is 2. The van der Waals surface area contributed by atoms with Crippen molar-refractivity contribution in [1.82, 2.24) is 9.91 Å². The largest absolute Gasteiger partial charge is 0.508 e. The fourth-order valence-corrected chi connectivity index (χ4v) is 8.44. The fraction of sp³-hybridized carbons (Fsp3) is 0.314. The third kappa shape index (κ3) is 4.19. The van der Waals surface area contributed by atoms with Gasteiger partial charge in [-0.15, -0.1) is 0 Å². The van der Waals surface area contributed by atoms with E-state index >= 15 is 4.79 Å². The number of aromatic hydroxyl groups is 1. The minimum Gasteiger partial charge on any atom is -0.508 e. The van der Waals surface area contributed by atoms with E-state index in [1.807, 2.05) is 6.08 Å². The minimum absolute atomic E-state index is 0.0497. The monoisotopic (exact) mass is 643 g/mol. The molecule has 2 N–H and O–H groups in total. The highest BCUT2D eigenvalue weighted by Gasteiger charge is 2.70. The molecule has 236 valence electrons. The number of phenolic OH excluding ortho intramolecular Hbond substituents is 1. The molecule has 11 heteroatoms. The number of carbonyl (C=O) groups excluding carboxylic acids is 4. The van der Waals surface area contributed by atoms with Crippen LogP contribution in [0.2, 0.25) is 5.02 Å². The van der Waals surface area contributed by atoms with E-state index in [1.54, 1.807) is 37.3 Å². The van der Waals surface area contributed by atoms with E-state index < -0.39 is 52.6 Å². The van der Waals surface area contributed by atoms with Crippen LogP contribution in [0.25, 0.3) is 0 Å². The Morgan fingerprint density at radius 3 is 2.37 bits per heavy atom. The number of fused-ring (bicyclic) bond motifs is 4. The number of hydrogen-bond donors (Lipinski definition) is 2. The van der Waals surface area contributed by atoms with Crippen molar-refractivity contribution in [2.45, 2.75) is 31.1 Å². The highest BCUT2D eigenvalue weighted by atomic mass is 35.5. The third-order valence-corrected chi connectivity index (χ3v) is 10.4. The summed E-state index contributed by atoms with van der Waals surface area (Å²) in [7, 11) is 1.46. The number of amides is 4. The molecule has 46 heavy (non-hydrogen) atoms. The number of allylic oxidation sites excluding steroid dienone is 2. The molecule has 0 radical (unpaired) electrons. The summed E-state index contributed by atoms with van der Waals surface area (Å²) in [5.41, 5.74) is 3.56. The lowest BCUT2D eigenvalue weighted by Crippen LogP contribution is -2.53. The van der Waals surface area contributed by atoms with E-state index in [-0.39, 0.29) is 30.5 Å². The van der Waals surface area contributed by atoms with Crippen LogP contribution in [-0.4, -0.2) is 52.3 Å². The number of anilines is 1. The van der Waals surface area contributed by atoms with Gasteiger partial charge >= 0.3 is 0 Å². The van der Waals surface area contributed by atoms with E-state index in [9.17, 15) is 23.9 Å². The molecule has 1 saturated carbocycles. The Balaban J connectivity index is 1.49. The normalized spacial score (nSPS) is 28.5. The van der Waals surface area contributed by atoms with Crippen LogP contribution in [0.3, 0.4) is 0 Å². The number of ether oxygens (including phenoxy) is 1. The topological polar surface area (TPSA) is 116 Å². The molecule has 3 fully saturated rings. The number of rotatable bonds is 6. The third-order valence-electron chi connectivity index (χ3n) is 10.2. The van der Waals surface area contributed by atoms with Crippen LogP contribution in [-0.2, 0) is 24.6 Å². The summed E-state index contributed by atoms with van der Waals surface area (Å²) in [6, 6.07) is 16.7. The molecule has 2 aliphatic carbocycles. The van der Waals surface area contributed by atoms with E-state index in [0.29, 0.717) is 34.0 Å². The Hall–Kier alpha value is -4.70. The van der Waals surface area contributed by atoms with Gasteiger partial charge in [0.25, 0.3) is 11.8 Å². The van der Waals surface area contributed by atoms with Gasteiger partial charge in [-0.05, 0) is 73.7 Å². The molecule has 3 aromatic rings. The van der Waals surface area contributed by atoms with Gasteiger partial charge < -0.3 is 9.84 Å². The molecule has 4 aliphatic rings. The van der Waals surface area contributed by atoms with E-state index in [4.69, 9.17) is 16.3 Å². The second-order valence-corrected chi connectivity index (χ2v) is 12.7. The first kappa shape index (κ1) is 30.0. The first-order valence-corrected chi connectivity index (χ1v) is 15.6. The van der Waals surface area contributed by atoms with Crippen LogP contribution < -0.4 is 10.2 Å². The zero-order chi connectivity index (χ0) is 32.5. The number of phenols is 1. The van der Waals surface area contributed by atoms with Crippen LogP contribution in [0.1, 0.15) is 36.8 Å². The van der Waals surface area contributed by atoms with Gasteiger partial charge in [-0.25, -0.2) is 4.39 Å². The molecule has 7 rings (SSSR count). The molecule has 2 aliphatic heterocycles. The first-order chi connectivity index (χ1) is 22.1. The number of hydrogen-bond acceptors (Lipinski definition) is 7. The van der Waals surface area contributed by atoms with Crippen LogP contribution in [0.4, 0.5) is 10.1 Å². The van der Waals surface area contributed by atoms with E-state index in [1.165, 1.54) is 48.4 Å². The van der Waals surface area contributed by atoms with E-state index in [2.05, 4.69) is 5.43 Å². The van der Waals surface area contributed by atoms with Crippen LogP contribution in [0.5, 0.6) is 11.5 Å². The second-order valence-electron chi connectivity index (χ2n) is 12.2. The average molecular weight is 644 g/mol. The van der Waals surface area contributed by atoms with Gasteiger partial charge in [0.2, 0.25) is 11.8 Å². The zero-order valence-corrected chi connectivity index (χ0v) is 25.8. The highest BCUT2D eigenvalue weighted by molar-refractivity contribution is 6.30. The van der Waals surface area contributed by atoms with Crippen molar-refractivity contribution in [3.63, 3.8) is 0 Å². The van der Waals surface area contributed by atoms with Gasteiger partial charge in [-0.1, -0.05) is 41.4 Å². The molecule has 0 bridgehead atoms. The summed E-state index contributed by atoms with van der Waals surface area (Å²) in [5.74, 6) is -5.37. The van der Waals surface area contributed by atoms with E-state index in [0.717, 1.165) is 10.6 Å². The smallest absolute Gasteiger partial charge is 0.260 e. The number of likely N-dealkylation sites (tertiary alicyclic amines) is 1. The second kappa shape index (κ2) is 11.0. The van der Waals surface area contributed by atoms with Gasteiger partial charge in [0.15, 0.2) is 0 Å². The zero-order valence-electron chi connectivity index (χ0n) is 25.1. The van der Waals surface area contributed by atoms with Crippen molar-refractivity contribution >= 4 is 40.9 Å². The van der Waals surface area contributed by atoms with Crippen molar-refractivity contribution in [1.29, 1.82) is 0 Å². The Morgan fingerprint density at radius 2 is 1.70 bits per heavy atom. The Bertz CT molecular complexity index is 1810. The summed E-state index contributed by atoms with van der Waals surface area (Å²) < 4.78 is 19.5. The maximum Gasteiger partial charge on any atom is 0.260 e. The van der Waals surface area contributed by atoms with Crippen LogP contribution in [0, 0.1) is 29.5 Å². The lowest BCUT2D eigenvalue weighted by molar-refractivity contribution is -0.141. The lowest BCUT2D eigenvalue weighted by atomic mass is 9.49. The number of halogens is 2. The summed E-state index contributed by atoms with van der Waals surface area (Å²) in [6.45, 7) is 2.00. The molecule has 0 aromatic heterocycles. The lowest BCUT2D eigenvalue weighted by Gasteiger charge is -2.50. The molecular formula is C35H31ClFN3O6. The maximum absolute atomic E-state index is 15.1. The molecule has 2 heterocycles. The SMILES string of the molecule is CCN1C(=O)[C@H]2[C@H](CC=C3[C@H]2C[C@H]2C(=O)N(Nc4ccc(F)cc4)C(=O)[C@@]2(c2ccc(Cl)cc2)[C@H]3c2ccc(O)cc2OC)C1=O. The molecule has 0 spiro atoms. The van der Waals surface area contributed by atoms with Crippen molar-refractivity contribution in [3.05, 3.63) is 100 Å². The van der Waals surface area contributed by atoms with Crippen molar-refractivity contribution in [3.8, 4) is 11.5 Å². The summed E-state index contributed by atoms with van der Waals surface area (Å²) in [5, 5.41) is 11.8. The van der Waals surface area contributed by atoms with Gasteiger partial charge in [-0.3, -0.25) is 29.5 Å². The highest BCUT2D eigenvalue weighted by Crippen LogP contribution is 2.65. The predicted octanol–water partition coefficient (Wildman–Crippen LogP) is 5.20. The Kier molecular flexibility index (Phi) is 7.15. The number of hydrazine groups is 1. The summed E-state index contributed by atoms with van der Waals surface area (Å²) in [6.07, 6.45) is 2.39. The van der Waals surface area contributed by atoms with Gasteiger partial charge in [0.05, 0.1) is 36.0 Å². The van der Waals surface area contributed by atoms with Gasteiger partial charge in [0, 0.05) is 29.1 Å². The minimum atomic E-state index is -1.54. The number of nitrogens with zero attached hydrogens (tertiary/aromatic N) is 2. The van der Waals surface area contributed by atoms with Crippen molar-refractivity contribution in [2.24, 2.45) is 23.7 Å². The van der Waals surface area contributed by atoms with Crippen molar-refractivity contribution in [2.75, 3.05) is 19.1 Å². The van der Waals surface area contributed by atoms with Crippen LogP contribution >= 0.6 is 11.6 Å². The number of methoxy groups -OCH3 is 1. The molecule has 4 amide bonds. The van der Waals surface area contributed by atoms with Gasteiger partial charge in [-0.2, -0.15) is 5.01 Å². The number of nitrogens with one attached hydrogen (secondary N) is 1. The molecule has 2 saturated heterocycles. The first-order valence-electron chi connectivity index (χ1n) is 15.2. The van der Waals surface area contributed by atoms with Gasteiger partial charge in [0.1, 0.15) is 17.3 Å². The standard InChI is InChI=1S/C35H31ClFN3O6/c1-3-39-31(42)25-15-14-23-26(29(25)33(39)44)17-27-32(43)40(38-21-10-8-20(37)9-11-21)34(45)35(27,18-4-6-19(36)7-5-18)30(23)24-13-12-22(41)16-28(24)46-2/h4-14,16,25-27,29-30,38,41H,3,15,17H2,1-2H3/t25-,26+,27-,29-,30+,35+/m0/s1. The summed E-state index contributed by atoms with van der Waals surface area (Å²) >= 11 is 6.31. The molecule has 0 unspecified atom stereocenters. The number of benzene rings is 3. The van der Waals surface area contributed by atoms with Crippen LogP contribution in [0.15, 0.2) is 78.4 Å². The fourth-order valence-electron chi connectivity index (χ4n) is 8.31.